The Morgan fingerprint density at radius 3 is 1.09 bits per heavy atom. The van der Waals surface area contributed by atoms with Gasteiger partial charge >= 0.3 is 29.8 Å². The molecule has 0 unspecified atom stereocenters. The molecule has 692 valence electrons. The molecule has 0 fully saturated rings. The van der Waals surface area contributed by atoms with Gasteiger partial charge in [0.1, 0.15) is 52.6 Å². The lowest BCUT2D eigenvalue weighted by molar-refractivity contribution is -0.137. The number of aromatic nitrogens is 14. The molecule has 0 saturated carbocycles. The number of thioether (sulfide) groups is 3. The average molecular weight is 1910 g/mol. The number of pyridine rings is 1. The quantitative estimate of drug-likeness (QED) is 0.0293. The van der Waals surface area contributed by atoms with Crippen LogP contribution in [0, 0.1) is 41.5 Å². The first-order valence-electron chi connectivity index (χ1n) is 43.3. The monoisotopic (exact) mass is 1900 g/mol. The minimum atomic E-state index is -0.873. The Balaban J connectivity index is 0.000000124. The first-order chi connectivity index (χ1) is 66.1. The van der Waals surface area contributed by atoms with Gasteiger partial charge in [0.05, 0.1) is 121 Å². The smallest absolute Gasteiger partial charge is 0.307 e. The molecule has 28 nitrogen and oxygen atoms in total. The minimum Gasteiger partial charge on any atom is -0.497 e. The fraction of sp³-hybridized carbons (Fsp3) is 0.181. The first-order valence-corrected chi connectivity index (χ1v) is 47.1. The van der Waals surface area contributed by atoms with E-state index in [0.29, 0.717) is 37.7 Å². The van der Waals surface area contributed by atoms with Crippen molar-refractivity contribution in [3.8, 4) is 52.0 Å². The predicted molar refractivity (Wildman–Crippen MR) is 540 cm³/mol. The van der Waals surface area contributed by atoms with E-state index in [-0.39, 0.29) is 32.1 Å². The van der Waals surface area contributed by atoms with Gasteiger partial charge in [-0.25, -0.2) is 39.9 Å². The van der Waals surface area contributed by atoms with E-state index in [4.69, 9.17) is 45.5 Å². The van der Waals surface area contributed by atoms with E-state index in [1.807, 2.05) is 268 Å². The molecule has 0 aliphatic rings. The van der Waals surface area contributed by atoms with Crippen molar-refractivity contribution in [3.05, 3.63) is 292 Å². The molecule has 5 N–H and O–H groups in total. The number of ether oxygens (including phenoxy) is 4. The van der Waals surface area contributed by atoms with E-state index >= 15 is 0 Å². The summed E-state index contributed by atoms with van der Waals surface area (Å²) in [7, 11) is 6.44. The number of rotatable bonds is 23. The molecule has 0 atom stereocenters. The lowest BCUT2D eigenvalue weighted by Crippen LogP contribution is -2.06. The third-order valence-electron chi connectivity index (χ3n) is 23.9. The SMILES string of the molecule is CCSc1nc(-n2c(C)c(CC(=O)O)c3cc(OC)ccc32)c2ccccc2n1.COc1ccc2c(c1)c(CC(=O)O)c(C)n2-c1nc(SC)nc2ccccc12.COc1ccc2nccc(-n3c(C)c(CC(=O)O)c4cc(OC)ccc43)c2c1.CSc1nc(-n2c(C)c(CC(=O)O)c3ccccc32)c2ccccc2n1.Cc1ccc2c(c1)c(CC(=O)O)c(C)n2-c1ncnc2cc(Cl)ccc12. The number of carboxylic acids is 5. The van der Waals surface area contributed by atoms with E-state index in [9.17, 15) is 49.5 Å². The summed E-state index contributed by atoms with van der Waals surface area (Å²) in [5.41, 5.74) is 19.0. The second-order valence-corrected chi connectivity index (χ2v) is 35.2. The zero-order valence-corrected chi connectivity index (χ0v) is 80.1. The van der Waals surface area contributed by atoms with E-state index < -0.39 is 29.8 Å². The minimum absolute atomic E-state index is 0.0161. The van der Waals surface area contributed by atoms with Gasteiger partial charge in [-0.15, -0.1) is 0 Å². The highest BCUT2D eigenvalue weighted by Crippen LogP contribution is 2.42. The van der Waals surface area contributed by atoms with Crippen LogP contribution in [0.15, 0.2) is 240 Å². The van der Waals surface area contributed by atoms with Crippen molar-refractivity contribution in [2.75, 3.05) is 46.7 Å². The van der Waals surface area contributed by atoms with Crippen LogP contribution in [0.25, 0.3) is 138 Å². The first kappa shape index (κ1) is 94.7. The number of halogens is 1. The molecule has 20 rings (SSSR count). The summed E-state index contributed by atoms with van der Waals surface area (Å²) in [6, 6.07) is 67.9. The maximum absolute atomic E-state index is 11.5. The number of hydrogen-bond acceptors (Lipinski definition) is 21. The predicted octanol–water partition coefficient (Wildman–Crippen LogP) is 21.7. The maximum Gasteiger partial charge on any atom is 0.307 e. The largest absolute Gasteiger partial charge is 0.497 e. The van der Waals surface area contributed by atoms with Crippen LogP contribution in [0.3, 0.4) is 0 Å². The summed E-state index contributed by atoms with van der Waals surface area (Å²) in [6.07, 6.45) is 6.91. The van der Waals surface area contributed by atoms with Gasteiger partial charge in [0.2, 0.25) is 0 Å². The molecule has 10 aromatic carbocycles. The van der Waals surface area contributed by atoms with Gasteiger partial charge in [-0.3, -0.25) is 47.2 Å². The van der Waals surface area contributed by atoms with Crippen molar-refractivity contribution in [1.29, 1.82) is 0 Å². The van der Waals surface area contributed by atoms with E-state index in [2.05, 4.69) is 46.0 Å². The molecule has 32 heteroatoms. The van der Waals surface area contributed by atoms with Crippen LogP contribution in [0.4, 0.5) is 0 Å². The summed E-state index contributed by atoms with van der Waals surface area (Å²) < 4.78 is 31.7. The molecule has 0 radical (unpaired) electrons. The number of aliphatic carboxylic acids is 5. The Kier molecular flexibility index (Phi) is 28.2. The second kappa shape index (κ2) is 40.8. The van der Waals surface area contributed by atoms with E-state index in [1.165, 1.54) is 29.9 Å². The number of benzene rings is 10. The lowest BCUT2D eigenvalue weighted by Gasteiger charge is -2.13. The van der Waals surface area contributed by atoms with Gasteiger partial charge in [0.25, 0.3) is 0 Å². The summed E-state index contributed by atoms with van der Waals surface area (Å²) in [5.74, 6) is 2.38. The van der Waals surface area contributed by atoms with Crippen molar-refractivity contribution >= 4 is 186 Å². The van der Waals surface area contributed by atoms with Crippen molar-refractivity contribution in [2.45, 2.75) is 96.0 Å². The van der Waals surface area contributed by atoms with Crippen LogP contribution in [-0.4, -0.2) is 170 Å². The molecule has 137 heavy (non-hydrogen) atoms. The van der Waals surface area contributed by atoms with Crippen LogP contribution >= 0.6 is 46.9 Å². The third kappa shape index (κ3) is 19.1. The van der Waals surface area contributed by atoms with Gasteiger partial charge in [-0.1, -0.05) is 120 Å². The molecule has 0 aliphatic carbocycles. The number of hydrogen-bond donors (Lipinski definition) is 5. The topological polar surface area (TPSA) is 364 Å². The highest BCUT2D eigenvalue weighted by molar-refractivity contribution is 7.99. The Labute approximate surface area is 803 Å². The fourth-order valence-electron chi connectivity index (χ4n) is 17.7. The zero-order chi connectivity index (χ0) is 96.9. The highest BCUT2D eigenvalue weighted by Gasteiger charge is 2.28. The number of fused-ring (bicyclic) bond motifs is 10. The summed E-state index contributed by atoms with van der Waals surface area (Å²) in [5, 5.41) is 58.7. The molecule has 20 aromatic rings. The Bertz CT molecular complexity index is 8190. The van der Waals surface area contributed by atoms with Crippen molar-refractivity contribution in [2.24, 2.45) is 0 Å². The van der Waals surface area contributed by atoms with Crippen LogP contribution in [0.2, 0.25) is 5.02 Å². The molecular formula is C105H93ClN14O14S3. The molecule has 10 heterocycles. The van der Waals surface area contributed by atoms with Crippen LogP contribution in [0.1, 0.15) is 68.8 Å². The lowest BCUT2D eigenvalue weighted by atomic mass is 10.1. The Morgan fingerprint density at radius 2 is 0.664 bits per heavy atom. The number of carboxylic acid groups (broad SMARTS) is 5. The van der Waals surface area contributed by atoms with E-state index in [1.54, 1.807) is 58.5 Å². The Morgan fingerprint density at radius 1 is 0.321 bits per heavy atom. The average Bonchev–Trinajstić information content (AvgIpc) is 1.58. The van der Waals surface area contributed by atoms with Gasteiger partial charge in [0.15, 0.2) is 15.5 Å². The molecule has 0 aliphatic heterocycles. The van der Waals surface area contributed by atoms with Gasteiger partial charge in [-0.05, 0) is 239 Å². The normalized spacial score (nSPS) is 11.3. The summed E-state index contributed by atoms with van der Waals surface area (Å²) in [6.45, 7) is 13.8. The number of aryl methyl sites for hydroxylation is 1. The van der Waals surface area contributed by atoms with Crippen LogP contribution < -0.4 is 18.9 Å². The second-order valence-electron chi connectivity index (χ2n) is 32.0. The highest BCUT2D eigenvalue weighted by atomic mass is 35.5. The number of nitrogens with zero attached hydrogens (tertiary/aromatic N) is 14. The van der Waals surface area contributed by atoms with Gasteiger partial charge in [0, 0.05) is 93.6 Å². The van der Waals surface area contributed by atoms with Crippen LogP contribution in [0.5, 0.6) is 23.0 Å². The summed E-state index contributed by atoms with van der Waals surface area (Å²) >= 11 is 10.6. The maximum atomic E-state index is 11.5. The van der Waals surface area contributed by atoms with Crippen molar-refractivity contribution < 1.29 is 68.5 Å². The summed E-state index contributed by atoms with van der Waals surface area (Å²) in [4.78, 5) is 98.8. The Hall–Kier alpha value is -15.4. The number of para-hydroxylation sites is 4. The molecular weight excluding hydrogens is 1810 g/mol. The van der Waals surface area contributed by atoms with Gasteiger partial charge < -0.3 is 49.0 Å². The number of methoxy groups -OCH3 is 4. The number of carbonyl (C=O) groups is 5. The third-order valence-corrected chi connectivity index (χ3v) is 26.0. The van der Waals surface area contributed by atoms with Crippen molar-refractivity contribution in [1.82, 2.24) is 67.7 Å². The molecule has 10 aromatic heterocycles. The van der Waals surface area contributed by atoms with Gasteiger partial charge in [-0.2, -0.15) is 0 Å². The van der Waals surface area contributed by atoms with Crippen molar-refractivity contribution in [3.63, 3.8) is 0 Å². The fourth-order valence-corrected chi connectivity index (χ4v) is 19.2. The van der Waals surface area contributed by atoms with E-state index in [0.717, 1.165) is 211 Å². The molecule has 0 amide bonds. The standard InChI is InChI=1S/C22H21N3O3S.C22H20N2O4.C21H19N3O3S.C20H16ClN3O2.C20H17N3O2S/c1-4-29-22-23-18-8-6-5-7-15(18)21(24-22)25-13(2)16(12-20(26)27)17-11-14(28-3)9-10-19(17)25;1-13-16(12-22(25)26)17-10-15(28-3)5-7-20(17)24(13)21-8-9-23-19-6-4-14(27-2)11-18(19)21;1-12-15(11-19(25)26)16-10-13(27-2)8-9-18(16)24(12)20-14-6-4-5-7-17(14)22-21(23-20)28-3;1-11-3-6-18-16(7-11)15(9-19(25)26)12(2)24(18)20-14-5-4-13(21)8-17(14)22-10-23-20;1-12-15(11-18(24)25)13-7-4-6-10-17(13)23(12)19-14-8-3-5-9-16(14)21-20(22-19)26-2/h5-11H,4,12H2,1-3H3,(H,26,27);4-11H,12H2,1-3H3,(H,25,26);4-10H,11H2,1-3H3,(H,25,26);3-8,10H,9H2,1-2H3,(H,25,26);3-10H,11H2,1-2H3,(H,24,25). The molecule has 0 spiro atoms. The zero-order valence-electron chi connectivity index (χ0n) is 76.9. The molecule has 0 bridgehead atoms. The molecule has 0 saturated heterocycles. The van der Waals surface area contributed by atoms with Crippen LogP contribution in [-0.2, 0) is 56.1 Å².